The van der Waals surface area contributed by atoms with Crippen LogP contribution < -0.4 is 0 Å². The molecule has 0 radical (unpaired) electrons. The molecule has 72 valence electrons. The van der Waals surface area contributed by atoms with Crippen molar-refractivity contribution in [2.24, 2.45) is 0 Å². The summed E-state index contributed by atoms with van der Waals surface area (Å²) in [4.78, 5) is 0. The van der Waals surface area contributed by atoms with Crippen molar-refractivity contribution < 1.29 is 0 Å². The maximum absolute atomic E-state index is 8.85. The third kappa shape index (κ3) is 1.64. The maximum atomic E-state index is 8.85. The number of halogens is 1. The van der Waals surface area contributed by atoms with Crippen LogP contribution in [0.1, 0.15) is 17.5 Å². The predicted molar refractivity (Wildman–Crippen MR) is 65.6 cm³/mol. The lowest BCUT2D eigenvalue weighted by Gasteiger charge is -2.01. The molecule has 0 unspecified atom stereocenters. The molecule has 0 fully saturated rings. The van der Waals surface area contributed by atoms with Crippen LogP contribution in [0.2, 0.25) is 0 Å². The molecule has 0 saturated heterocycles. The molecular formula is C12H7IN2. The molecule has 1 aliphatic carbocycles. The maximum Gasteiger partial charge on any atom is 0.133 e. The first-order valence-corrected chi connectivity index (χ1v) is 5.67. The summed E-state index contributed by atoms with van der Waals surface area (Å²) in [5.74, 6) is 0. The van der Waals surface area contributed by atoms with Crippen LogP contribution in [0.25, 0.3) is 5.57 Å². The first kappa shape index (κ1) is 10.2. The van der Waals surface area contributed by atoms with Crippen LogP contribution in [0.5, 0.6) is 0 Å². The van der Waals surface area contributed by atoms with E-state index in [0.717, 1.165) is 24.0 Å². The topological polar surface area (TPSA) is 47.6 Å². The molecule has 0 aromatic heterocycles. The van der Waals surface area contributed by atoms with Crippen molar-refractivity contribution in [3.63, 3.8) is 0 Å². The first-order chi connectivity index (χ1) is 7.27. The molecule has 1 aromatic carbocycles. The molecule has 1 aliphatic rings. The summed E-state index contributed by atoms with van der Waals surface area (Å²) in [6, 6.07) is 9.96. The van der Waals surface area contributed by atoms with Gasteiger partial charge in [0.25, 0.3) is 0 Å². The first-order valence-electron chi connectivity index (χ1n) is 4.59. The monoisotopic (exact) mass is 306 g/mol. The van der Waals surface area contributed by atoms with Gasteiger partial charge in [0.05, 0.1) is 0 Å². The highest BCUT2D eigenvalue weighted by Crippen LogP contribution is 2.36. The van der Waals surface area contributed by atoms with E-state index in [0.29, 0.717) is 0 Å². The molecule has 1 aromatic rings. The molecular weight excluding hydrogens is 299 g/mol. The molecule has 3 heteroatoms. The largest absolute Gasteiger partial charge is 0.192 e. The van der Waals surface area contributed by atoms with Crippen molar-refractivity contribution in [1.29, 1.82) is 10.5 Å². The van der Waals surface area contributed by atoms with E-state index in [1.165, 1.54) is 9.13 Å². The Hall–Kier alpha value is -1.33. The number of hydrogen-bond donors (Lipinski definition) is 0. The van der Waals surface area contributed by atoms with Crippen molar-refractivity contribution in [1.82, 2.24) is 0 Å². The number of benzene rings is 1. The van der Waals surface area contributed by atoms with Gasteiger partial charge in [-0.05, 0) is 58.2 Å². The zero-order valence-electron chi connectivity index (χ0n) is 7.92. The second-order valence-electron chi connectivity index (χ2n) is 3.34. The van der Waals surface area contributed by atoms with Gasteiger partial charge in [0.1, 0.15) is 17.7 Å². The Morgan fingerprint density at radius 2 is 1.93 bits per heavy atom. The minimum Gasteiger partial charge on any atom is -0.192 e. The summed E-state index contributed by atoms with van der Waals surface area (Å²) in [6.07, 6.45) is 1.75. The Bertz CT molecular complexity index is 514. The Kier molecular flexibility index (Phi) is 2.75. The fraction of sp³-hybridized carbons (Fsp3) is 0.167. The Labute approximate surface area is 102 Å². The van der Waals surface area contributed by atoms with E-state index in [9.17, 15) is 0 Å². The van der Waals surface area contributed by atoms with Crippen LogP contribution >= 0.6 is 22.6 Å². The normalized spacial score (nSPS) is 12.9. The molecule has 0 spiro atoms. The summed E-state index contributed by atoms with van der Waals surface area (Å²) in [7, 11) is 0. The Morgan fingerprint density at radius 3 is 2.60 bits per heavy atom. The van der Waals surface area contributed by atoms with Crippen molar-refractivity contribution in [3.05, 3.63) is 38.5 Å². The van der Waals surface area contributed by atoms with E-state index in [1.54, 1.807) is 0 Å². The summed E-state index contributed by atoms with van der Waals surface area (Å²) < 4.78 is 1.22. The molecule has 0 atom stereocenters. The minimum absolute atomic E-state index is 0.260. The van der Waals surface area contributed by atoms with Crippen LogP contribution in [0.4, 0.5) is 0 Å². The van der Waals surface area contributed by atoms with Gasteiger partial charge in [-0.25, -0.2) is 0 Å². The molecule has 0 bridgehead atoms. The van der Waals surface area contributed by atoms with Crippen molar-refractivity contribution in [3.8, 4) is 12.1 Å². The second kappa shape index (κ2) is 4.04. The van der Waals surface area contributed by atoms with Crippen LogP contribution in [-0.2, 0) is 6.42 Å². The predicted octanol–water partition coefficient (Wildman–Crippen LogP) is 3.04. The number of rotatable bonds is 0. The lowest BCUT2D eigenvalue weighted by Crippen LogP contribution is -1.86. The molecule has 0 amide bonds. The highest BCUT2D eigenvalue weighted by atomic mass is 127. The van der Waals surface area contributed by atoms with E-state index >= 15 is 0 Å². The van der Waals surface area contributed by atoms with Crippen LogP contribution in [-0.4, -0.2) is 0 Å². The lowest BCUT2D eigenvalue weighted by atomic mass is 10.0. The summed E-state index contributed by atoms with van der Waals surface area (Å²) in [5.41, 5.74) is 3.53. The van der Waals surface area contributed by atoms with Gasteiger partial charge in [-0.15, -0.1) is 0 Å². The van der Waals surface area contributed by atoms with E-state index < -0.39 is 0 Å². The number of allylic oxidation sites excluding steroid dienone is 2. The molecule has 0 aliphatic heterocycles. The van der Waals surface area contributed by atoms with Gasteiger partial charge < -0.3 is 0 Å². The standard InChI is InChI=1S/C12H7IN2/c13-12-3-1-2-10-9(4-5-11(10)12)8(6-14)7-15/h1-3H,4-5H2. The van der Waals surface area contributed by atoms with Gasteiger partial charge >= 0.3 is 0 Å². The highest BCUT2D eigenvalue weighted by molar-refractivity contribution is 14.1. The van der Waals surface area contributed by atoms with E-state index in [1.807, 2.05) is 24.3 Å². The molecule has 0 saturated carbocycles. The quantitative estimate of drug-likeness (QED) is 0.546. The molecule has 0 N–H and O–H groups in total. The average Bonchev–Trinajstić information content (AvgIpc) is 2.66. The van der Waals surface area contributed by atoms with Crippen LogP contribution in [0.15, 0.2) is 23.8 Å². The third-order valence-electron chi connectivity index (χ3n) is 2.59. The molecule has 0 heterocycles. The second-order valence-corrected chi connectivity index (χ2v) is 4.51. The number of nitrogens with zero attached hydrogens (tertiary/aromatic N) is 2. The van der Waals surface area contributed by atoms with Crippen LogP contribution in [0, 0.1) is 26.2 Å². The number of nitriles is 2. The summed E-state index contributed by atoms with van der Waals surface area (Å²) in [5, 5.41) is 17.7. The molecule has 15 heavy (non-hydrogen) atoms. The third-order valence-corrected chi connectivity index (χ3v) is 3.61. The fourth-order valence-corrected chi connectivity index (χ4v) is 2.67. The van der Waals surface area contributed by atoms with E-state index in [-0.39, 0.29) is 5.57 Å². The Morgan fingerprint density at radius 1 is 1.20 bits per heavy atom. The zero-order chi connectivity index (χ0) is 10.8. The van der Waals surface area contributed by atoms with Gasteiger partial charge in [-0.2, -0.15) is 10.5 Å². The van der Waals surface area contributed by atoms with Gasteiger partial charge in [-0.1, -0.05) is 12.1 Å². The minimum atomic E-state index is 0.260. The van der Waals surface area contributed by atoms with Crippen molar-refractivity contribution in [2.75, 3.05) is 0 Å². The number of fused-ring (bicyclic) bond motifs is 1. The molecule has 2 nitrogen and oxygen atoms in total. The SMILES string of the molecule is N#CC(C#N)=C1CCc2c(I)cccc21. The van der Waals surface area contributed by atoms with Gasteiger partial charge in [0.15, 0.2) is 0 Å². The van der Waals surface area contributed by atoms with Gasteiger partial charge in [0.2, 0.25) is 0 Å². The fourth-order valence-electron chi connectivity index (χ4n) is 1.90. The summed E-state index contributed by atoms with van der Waals surface area (Å²) in [6.45, 7) is 0. The number of hydrogen-bond acceptors (Lipinski definition) is 2. The van der Waals surface area contributed by atoms with Crippen molar-refractivity contribution in [2.45, 2.75) is 12.8 Å². The van der Waals surface area contributed by atoms with E-state index in [2.05, 4.69) is 28.7 Å². The van der Waals surface area contributed by atoms with E-state index in [4.69, 9.17) is 10.5 Å². The highest BCUT2D eigenvalue weighted by Gasteiger charge is 2.21. The Balaban J connectivity index is 2.66. The van der Waals surface area contributed by atoms with Gasteiger partial charge in [-0.3, -0.25) is 0 Å². The van der Waals surface area contributed by atoms with Crippen LogP contribution in [0.3, 0.4) is 0 Å². The van der Waals surface area contributed by atoms with Gasteiger partial charge in [0, 0.05) is 3.57 Å². The zero-order valence-corrected chi connectivity index (χ0v) is 10.1. The lowest BCUT2D eigenvalue weighted by molar-refractivity contribution is 1.07. The summed E-state index contributed by atoms with van der Waals surface area (Å²) >= 11 is 2.30. The van der Waals surface area contributed by atoms with Crippen molar-refractivity contribution >= 4 is 28.2 Å². The molecule has 2 rings (SSSR count). The average molecular weight is 306 g/mol. The smallest absolute Gasteiger partial charge is 0.133 e.